The Labute approximate surface area is 165 Å². The van der Waals surface area contributed by atoms with Crippen molar-refractivity contribution < 1.29 is 9.15 Å². The predicted octanol–water partition coefficient (Wildman–Crippen LogP) is 6.49. The quantitative estimate of drug-likeness (QED) is 0.402. The normalized spacial score (nSPS) is 18.5. The molecule has 0 amide bonds. The molecule has 0 aliphatic carbocycles. The van der Waals surface area contributed by atoms with Crippen molar-refractivity contribution in [3.8, 4) is 0 Å². The molecular weight excluding hydrogens is 344 g/mol. The molecular formula is C26H24O2. The molecule has 1 aliphatic rings. The van der Waals surface area contributed by atoms with E-state index in [-0.39, 0.29) is 11.7 Å². The van der Waals surface area contributed by atoms with Crippen LogP contribution in [0.25, 0.3) is 11.0 Å². The van der Waals surface area contributed by atoms with E-state index in [1.165, 1.54) is 22.1 Å². The van der Waals surface area contributed by atoms with Crippen LogP contribution in [0.5, 0.6) is 0 Å². The van der Waals surface area contributed by atoms with Crippen molar-refractivity contribution in [2.45, 2.75) is 37.4 Å². The first-order chi connectivity index (χ1) is 13.9. The number of furan rings is 1. The minimum Gasteiger partial charge on any atom is -0.464 e. The van der Waals surface area contributed by atoms with E-state index in [9.17, 15) is 0 Å². The molecule has 140 valence electrons. The van der Waals surface area contributed by atoms with Crippen LogP contribution in [0.2, 0.25) is 0 Å². The topological polar surface area (TPSA) is 22.4 Å². The fourth-order valence-electron chi connectivity index (χ4n) is 4.52. The summed E-state index contributed by atoms with van der Waals surface area (Å²) in [4.78, 5) is 0. The Hall–Kier alpha value is -2.84. The lowest BCUT2D eigenvalue weighted by Gasteiger charge is -2.31. The van der Waals surface area contributed by atoms with Crippen molar-refractivity contribution in [1.29, 1.82) is 0 Å². The second-order valence-electron chi connectivity index (χ2n) is 7.63. The van der Waals surface area contributed by atoms with E-state index < -0.39 is 0 Å². The first kappa shape index (κ1) is 17.3. The van der Waals surface area contributed by atoms with E-state index >= 15 is 0 Å². The van der Waals surface area contributed by atoms with Crippen LogP contribution in [0.15, 0.2) is 95.6 Å². The number of ether oxygens (including phenoxy) is 1. The number of fused-ring (bicyclic) bond motifs is 1. The van der Waals surface area contributed by atoms with Crippen molar-refractivity contribution in [2.75, 3.05) is 0 Å². The maximum absolute atomic E-state index is 6.80. The van der Waals surface area contributed by atoms with Crippen LogP contribution in [-0.4, -0.2) is 6.10 Å². The number of para-hydroxylation sites is 1. The molecule has 0 spiro atoms. The van der Waals surface area contributed by atoms with Crippen LogP contribution in [0.3, 0.4) is 0 Å². The molecule has 1 aliphatic heterocycles. The van der Waals surface area contributed by atoms with Crippen LogP contribution >= 0.6 is 0 Å². The third-order valence-corrected chi connectivity index (χ3v) is 5.96. The number of aryl methyl sites for hydroxylation is 1. The lowest BCUT2D eigenvalue weighted by Crippen LogP contribution is -2.28. The van der Waals surface area contributed by atoms with Gasteiger partial charge in [-0.3, -0.25) is 0 Å². The van der Waals surface area contributed by atoms with Gasteiger partial charge in [0.2, 0.25) is 0 Å². The molecule has 2 heteroatoms. The van der Waals surface area contributed by atoms with Gasteiger partial charge < -0.3 is 9.15 Å². The first-order valence-corrected chi connectivity index (χ1v) is 10.1. The zero-order valence-corrected chi connectivity index (χ0v) is 15.9. The lowest BCUT2D eigenvalue weighted by molar-refractivity contribution is -0.0194. The average molecular weight is 368 g/mol. The molecule has 1 fully saturated rings. The summed E-state index contributed by atoms with van der Waals surface area (Å²) in [5.41, 5.74) is 4.39. The molecule has 0 radical (unpaired) electrons. The Morgan fingerprint density at radius 3 is 2.14 bits per heavy atom. The van der Waals surface area contributed by atoms with E-state index in [1.54, 1.807) is 0 Å². The van der Waals surface area contributed by atoms with Crippen molar-refractivity contribution in [2.24, 2.45) is 0 Å². The van der Waals surface area contributed by atoms with Crippen LogP contribution in [0.4, 0.5) is 0 Å². The minimum atomic E-state index is -0.342. The molecule has 5 rings (SSSR count). The van der Waals surface area contributed by atoms with Gasteiger partial charge in [-0.05, 0) is 48.4 Å². The molecule has 3 aromatic carbocycles. The van der Waals surface area contributed by atoms with Gasteiger partial charge >= 0.3 is 0 Å². The summed E-state index contributed by atoms with van der Waals surface area (Å²) in [6.45, 7) is 0. The maximum Gasteiger partial charge on any atom is 0.134 e. The highest BCUT2D eigenvalue weighted by Gasteiger charge is 2.42. The van der Waals surface area contributed by atoms with Gasteiger partial charge in [-0.25, -0.2) is 0 Å². The summed E-state index contributed by atoms with van der Waals surface area (Å²) in [5.74, 6) is 0. The number of rotatable bonds is 5. The van der Waals surface area contributed by atoms with E-state index in [1.807, 2.05) is 18.4 Å². The summed E-state index contributed by atoms with van der Waals surface area (Å²) in [6.07, 6.45) is 6.21. The molecule has 28 heavy (non-hydrogen) atoms. The summed E-state index contributed by atoms with van der Waals surface area (Å²) >= 11 is 0. The Morgan fingerprint density at radius 1 is 0.786 bits per heavy atom. The Balaban J connectivity index is 1.39. The van der Waals surface area contributed by atoms with Crippen LogP contribution in [-0.2, 0) is 16.8 Å². The fraction of sp³-hybridized carbons (Fsp3) is 0.231. The maximum atomic E-state index is 6.80. The predicted molar refractivity (Wildman–Crippen MR) is 112 cm³/mol. The van der Waals surface area contributed by atoms with Crippen molar-refractivity contribution in [3.63, 3.8) is 0 Å². The third-order valence-electron chi connectivity index (χ3n) is 5.96. The molecule has 1 aromatic heterocycles. The number of benzene rings is 3. The standard InChI is InChI=1S/C26H24O2/c1-3-9-21(10-4-1)26(22-11-5-2-6-12-22)18-17-23(28-26)16-15-20-19-27-25-14-8-7-13-24(20)25/h1-14,19,23H,15-18H2/t23-/m1/s1. The molecule has 0 saturated carbocycles. The fourth-order valence-corrected chi connectivity index (χ4v) is 4.52. The van der Waals surface area contributed by atoms with Gasteiger partial charge in [0, 0.05) is 5.39 Å². The summed E-state index contributed by atoms with van der Waals surface area (Å²) < 4.78 is 12.5. The van der Waals surface area contributed by atoms with Gasteiger partial charge in [-0.1, -0.05) is 78.9 Å². The van der Waals surface area contributed by atoms with Crippen LogP contribution in [0.1, 0.15) is 36.0 Å². The highest BCUT2D eigenvalue weighted by atomic mass is 16.5. The van der Waals surface area contributed by atoms with Gasteiger partial charge in [-0.2, -0.15) is 0 Å². The monoisotopic (exact) mass is 368 g/mol. The van der Waals surface area contributed by atoms with Crippen molar-refractivity contribution in [3.05, 3.63) is 108 Å². The molecule has 1 atom stereocenters. The molecule has 0 unspecified atom stereocenters. The Morgan fingerprint density at radius 2 is 1.43 bits per heavy atom. The molecule has 0 bridgehead atoms. The van der Waals surface area contributed by atoms with Gasteiger partial charge in [0.25, 0.3) is 0 Å². The second-order valence-corrected chi connectivity index (χ2v) is 7.63. The summed E-state index contributed by atoms with van der Waals surface area (Å²) in [7, 11) is 0. The smallest absolute Gasteiger partial charge is 0.134 e. The van der Waals surface area contributed by atoms with Crippen LogP contribution in [0, 0.1) is 0 Å². The number of hydrogen-bond acceptors (Lipinski definition) is 2. The molecule has 2 nitrogen and oxygen atoms in total. The van der Waals surface area contributed by atoms with Crippen molar-refractivity contribution >= 4 is 11.0 Å². The number of hydrogen-bond donors (Lipinski definition) is 0. The molecule has 2 heterocycles. The molecule has 0 N–H and O–H groups in total. The van der Waals surface area contributed by atoms with E-state index in [4.69, 9.17) is 9.15 Å². The third kappa shape index (κ3) is 3.04. The lowest BCUT2D eigenvalue weighted by atomic mass is 9.84. The van der Waals surface area contributed by atoms with Gasteiger partial charge in [0.1, 0.15) is 11.2 Å². The van der Waals surface area contributed by atoms with E-state index in [2.05, 4.69) is 72.8 Å². The average Bonchev–Trinajstić information content (AvgIpc) is 3.39. The van der Waals surface area contributed by atoms with E-state index in [0.717, 1.165) is 31.3 Å². The van der Waals surface area contributed by atoms with E-state index in [0.29, 0.717) is 0 Å². The van der Waals surface area contributed by atoms with Crippen molar-refractivity contribution in [1.82, 2.24) is 0 Å². The molecule has 1 saturated heterocycles. The summed E-state index contributed by atoms with van der Waals surface area (Å²) in [5, 5.41) is 1.22. The Kier molecular flexibility index (Phi) is 4.50. The minimum absolute atomic E-state index is 0.245. The summed E-state index contributed by atoms with van der Waals surface area (Å²) in [6, 6.07) is 29.6. The van der Waals surface area contributed by atoms with Gasteiger partial charge in [-0.15, -0.1) is 0 Å². The first-order valence-electron chi connectivity index (χ1n) is 10.1. The largest absolute Gasteiger partial charge is 0.464 e. The van der Waals surface area contributed by atoms with Gasteiger partial charge in [0.15, 0.2) is 0 Å². The van der Waals surface area contributed by atoms with Gasteiger partial charge in [0.05, 0.1) is 12.4 Å². The van der Waals surface area contributed by atoms with Crippen LogP contribution < -0.4 is 0 Å². The highest BCUT2D eigenvalue weighted by Crippen LogP contribution is 2.45. The SMILES string of the molecule is c1ccc(C2(c3ccccc3)CC[C@@H](CCc3coc4ccccc34)O2)cc1. The zero-order valence-electron chi connectivity index (χ0n) is 15.9. The highest BCUT2D eigenvalue weighted by molar-refractivity contribution is 5.80. The second kappa shape index (κ2) is 7.29. The zero-order chi connectivity index (χ0) is 18.8. The Bertz CT molecular complexity index is 1010. The molecule has 4 aromatic rings.